The van der Waals surface area contributed by atoms with Crippen LogP contribution in [0.1, 0.15) is 18.6 Å². The second kappa shape index (κ2) is 5.78. The number of nitrogens with two attached hydrogens (primary N) is 1. The summed E-state index contributed by atoms with van der Waals surface area (Å²) in [5.41, 5.74) is 6.45. The van der Waals surface area contributed by atoms with E-state index in [0.717, 1.165) is 5.56 Å². The maximum absolute atomic E-state index is 11.4. The lowest BCUT2D eigenvalue weighted by Gasteiger charge is -2.15. The van der Waals surface area contributed by atoms with Crippen LogP contribution in [0.2, 0.25) is 0 Å². The van der Waals surface area contributed by atoms with Crippen LogP contribution in [0.3, 0.4) is 0 Å². The van der Waals surface area contributed by atoms with Crippen LogP contribution in [0.15, 0.2) is 30.3 Å². The molecule has 0 spiro atoms. The lowest BCUT2D eigenvalue weighted by Crippen LogP contribution is -2.34. The van der Waals surface area contributed by atoms with E-state index in [1.54, 1.807) is 0 Å². The smallest absolute Gasteiger partial charge is 0.324 e. The molecule has 1 rings (SSSR count). The second-order valence-corrected chi connectivity index (χ2v) is 3.64. The quantitative estimate of drug-likeness (QED) is 0.604. The molecule has 0 saturated heterocycles. The number of hydrogen-bond acceptors (Lipinski definition) is 4. The van der Waals surface area contributed by atoms with Crippen LogP contribution in [0.4, 0.5) is 0 Å². The zero-order chi connectivity index (χ0) is 11.3. The number of carbonyl (C=O) groups excluding carboxylic acids is 1. The van der Waals surface area contributed by atoms with Gasteiger partial charge in [-0.3, -0.25) is 4.79 Å². The Labute approximate surface area is 95.0 Å². The number of carbonyl (C=O) groups is 1. The van der Waals surface area contributed by atoms with E-state index < -0.39 is 12.0 Å². The third-order valence-electron chi connectivity index (χ3n) is 2.06. The van der Waals surface area contributed by atoms with Crippen LogP contribution in [-0.4, -0.2) is 17.8 Å². The molecule has 0 aliphatic heterocycles. The Morgan fingerprint density at radius 3 is 2.60 bits per heavy atom. The molecule has 0 saturated carbocycles. The normalized spacial score (nSPS) is 14.3. The molecule has 0 heterocycles. The van der Waals surface area contributed by atoms with Gasteiger partial charge in [-0.2, -0.15) is 12.6 Å². The zero-order valence-electron chi connectivity index (χ0n) is 8.59. The second-order valence-electron chi connectivity index (χ2n) is 3.28. The molecule has 0 aliphatic carbocycles. The zero-order valence-corrected chi connectivity index (χ0v) is 9.48. The fourth-order valence-corrected chi connectivity index (χ4v) is 1.28. The van der Waals surface area contributed by atoms with E-state index >= 15 is 0 Å². The van der Waals surface area contributed by atoms with Crippen LogP contribution < -0.4 is 5.73 Å². The molecule has 4 heteroatoms. The number of hydrogen-bond donors (Lipinski definition) is 2. The molecule has 0 fully saturated rings. The minimum Gasteiger partial charge on any atom is -0.457 e. The monoisotopic (exact) mass is 225 g/mol. The number of thiol groups is 1. The first-order valence-electron chi connectivity index (χ1n) is 4.77. The average molecular weight is 225 g/mol. The van der Waals surface area contributed by atoms with Crippen LogP contribution >= 0.6 is 12.6 Å². The highest BCUT2D eigenvalue weighted by molar-refractivity contribution is 7.80. The van der Waals surface area contributed by atoms with E-state index in [-0.39, 0.29) is 6.10 Å². The summed E-state index contributed by atoms with van der Waals surface area (Å²) < 4.78 is 5.18. The maximum atomic E-state index is 11.4. The molecule has 15 heavy (non-hydrogen) atoms. The molecule has 0 amide bonds. The van der Waals surface area contributed by atoms with E-state index in [0.29, 0.717) is 5.75 Å². The molecule has 82 valence electrons. The van der Waals surface area contributed by atoms with E-state index in [1.807, 2.05) is 37.3 Å². The Balaban J connectivity index is 2.56. The summed E-state index contributed by atoms with van der Waals surface area (Å²) in [6.45, 7) is 1.82. The van der Waals surface area contributed by atoms with Gasteiger partial charge in [-0.25, -0.2) is 0 Å². The predicted octanol–water partition coefficient (Wildman–Crippen LogP) is 1.55. The number of benzene rings is 1. The molecule has 3 nitrogen and oxygen atoms in total. The van der Waals surface area contributed by atoms with Crippen molar-refractivity contribution < 1.29 is 9.53 Å². The molecule has 1 unspecified atom stereocenters. The third-order valence-corrected chi connectivity index (χ3v) is 2.45. The van der Waals surface area contributed by atoms with Gasteiger partial charge in [-0.05, 0) is 12.5 Å². The Bertz CT molecular complexity index is 316. The van der Waals surface area contributed by atoms with Crippen LogP contribution in [-0.2, 0) is 9.53 Å². The molecule has 1 aromatic rings. The molecule has 2 atom stereocenters. The van der Waals surface area contributed by atoms with Gasteiger partial charge in [0.1, 0.15) is 12.1 Å². The molecule has 0 radical (unpaired) electrons. The first-order valence-corrected chi connectivity index (χ1v) is 5.40. The van der Waals surface area contributed by atoms with Crippen molar-refractivity contribution in [3.63, 3.8) is 0 Å². The highest BCUT2D eigenvalue weighted by Gasteiger charge is 2.17. The largest absolute Gasteiger partial charge is 0.457 e. The summed E-state index contributed by atoms with van der Waals surface area (Å²) in [5.74, 6) is -0.123. The SMILES string of the molecule is CC(OC(=O)[C@H](N)CS)c1ccccc1. The van der Waals surface area contributed by atoms with Crippen molar-refractivity contribution in [3.8, 4) is 0 Å². The molecule has 0 bridgehead atoms. The van der Waals surface area contributed by atoms with Crippen LogP contribution in [0, 0.1) is 0 Å². The van der Waals surface area contributed by atoms with Gasteiger partial charge in [0, 0.05) is 5.75 Å². The molecular weight excluding hydrogens is 210 g/mol. The Kier molecular flexibility index (Phi) is 4.65. The first-order chi connectivity index (χ1) is 7.15. The van der Waals surface area contributed by atoms with Gasteiger partial charge >= 0.3 is 5.97 Å². The number of ether oxygens (including phenoxy) is 1. The average Bonchev–Trinajstić information content (AvgIpc) is 2.29. The summed E-state index contributed by atoms with van der Waals surface area (Å²) in [6, 6.07) is 8.88. The standard InChI is InChI=1S/C11H15NO2S/c1-8(9-5-3-2-4-6-9)14-11(13)10(12)7-15/h2-6,8,10,15H,7,12H2,1H3/t8?,10-/m1/s1. The fraction of sp³-hybridized carbons (Fsp3) is 0.364. The van der Waals surface area contributed by atoms with Gasteiger partial charge in [0.05, 0.1) is 0 Å². The van der Waals surface area contributed by atoms with Gasteiger partial charge in [0.25, 0.3) is 0 Å². The van der Waals surface area contributed by atoms with Crippen molar-refractivity contribution in [1.29, 1.82) is 0 Å². The maximum Gasteiger partial charge on any atom is 0.324 e. The van der Waals surface area contributed by atoms with Crippen molar-refractivity contribution in [2.75, 3.05) is 5.75 Å². The Hall–Kier alpha value is -1.00. The number of rotatable bonds is 4. The van der Waals surface area contributed by atoms with E-state index in [9.17, 15) is 4.79 Å². The minimum absolute atomic E-state index is 0.273. The first kappa shape index (κ1) is 12.1. The Morgan fingerprint density at radius 1 is 1.47 bits per heavy atom. The van der Waals surface area contributed by atoms with Gasteiger partial charge < -0.3 is 10.5 Å². The van der Waals surface area contributed by atoms with Gasteiger partial charge in [-0.15, -0.1) is 0 Å². The van der Waals surface area contributed by atoms with Crippen molar-refractivity contribution >= 4 is 18.6 Å². The lowest BCUT2D eigenvalue weighted by molar-refractivity contribution is -0.149. The molecule has 1 aromatic carbocycles. The summed E-state index contributed by atoms with van der Waals surface area (Å²) in [7, 11) is 0. The van der Waals surface area contributed by atoms with Crippen molar-refractivity contribution in [2.24, 2.45) is 5.73 Å². The van der Waals surface area contributed by atoms with Crippen LogP contribution in [0.25, 0.3) is 0 Å². The van der Waals surface area contributed by atoms with Crippen LogP contribution in [0.5, 0.6) is 0 Å². The topological polar surface area (TPSA) is 52.3 Å². The van der Waals surface area contributed by atoms with Gasteiger partial charge in [0.2, 0.25) is 0 Å². The minimum atomic E-state index is -0.653. The summed E-state index contributed by atoms with van der Waals surface area (Å²) >= 11 is 3.94. The van der Waals surface area contributed by atoms with Crippen molar-refractivity contribution in [2.45, 2.75) is 19.1 Å². The van der Waals surface area contributed by atoms with Crippen molar-refractivity contribution in [3.05, 3.63) is 35.9 Å². The summed E-state index contributed by atoms with van der Waals surface area (Å²) in [5, 5.41) is 0. The summed E-state index contributed by atoms with van der Waals surface area (Å²) in [6.07, 6.45) is -0.273. The van der Waals surface area contributed by atoms with Gasteiger partial charge in [0.15, 0.2) is 0 Å². The molecule has 0 aromatic heterocycles. The van der Waals surface area contributed by atoms with E-state index in [2.05, 4.69) is 12.6 Å². The molecule has 0 aliphatic rings. The molecule has 2 N–H and O–H groups in total. The predicted molar refractivity (Wildman–Crippen MR) is 62.8 cm³/mol. The van der Waals surface area contributed by atoms with Crippen molar-refractivity contribution in [1.82, 2.24) is 0 Å². The van der Waals surface area contributed by atoms with E-state index in [4.69, 9.17) is 10.5 Å². The fourth-order valence-electron chi connectivity index (χ4n) is 1.13. The summed E-state index contributed by atoms with van der Waals surface area (Å²) in [4.78, 5) is 11.4. The third kappa shape index (κ3) is 3.57. The lowest BCUT2D eigenvalue weighted by atomic mass is 10.1. The van der Waals surface area contributed by atoms with E-state index in [1.165, 1.54) is 0 Å². The highest BCUT2D eigenvalue weighted by atomic mass is 32.1. The highest BCUT2D eigenvalue weighted by Crippen LogP contribution is 2.16. The molecular formula is C11H15NO2S. The van der Waals surface area contributed by atoms with Gasteiger partial charge in [-0.1, -0.05) is 30.3 Å². The number of esters is 1. The Morgan fingerprint density at radius 2 is 2.07 bits per heavy atom.